The van der Waals surface area contributed by atoms with Gasteiger partial charge in [-0.2, -0.15) is 0 Å². The molecule has 3 aromatic rings. The zero-order chi connectivity index (χ0) is 19.6. The van der Waals surface area contributed by atoms with E-state index in [2.05, 4.69) is 15.6 Å². The van der Waals surface area contributed by atoms with Gasteiger partial charge in [0.15, 0.2) is 0 Å². The first-order valence-electron chi connectivity index (χ1n) is 9.25. The largest absolute Gasteiger partial charge is 0.394 e. The van der Waals surface area contributed by atoms with Crippen molar-refractivity contribution in [1.82, 2.24) is 10.3 Å². The maximum Gasteiger partial charge on any atom is 0.249 e. The average Bonchev–Trinajstić information content (AvgIpc) is 3.54. The van der Waals surface area contributed by atoms with Crippen molar-refractivity contribution in [2.75, 3.05) is 11.9 Å². The van der Waals surface area contributed by atoms with E-state index >= 15 is 0 Å². The minimum Gasteiger partial charge on any atom is -0.394 e. The van der Waals surface area contributed by atoms with E-state index in [1.165, 1.54) is 0 Å². The number of carbonyl (C=O) groups excluding carboxylic acids is 2. The number of anilines is 1. The van der Waals surface area contributed by atoms with Crippen LogP contribution >= 0.6 is 0 Å². The first-order valence-corrected chi connectivity index (χ1v) is 9.25. The molecule has 0 saturated heterocycles. The number of nitrogens with zero attached hydrogens (tertiary/aromatic N) is 1. The fourth-order valence-electron chi connectivity index (χ4n) is 3.40. The van der Waals surface area contributed by atoms with Gasteiger partial charge in [0.25, 0.3) is 0 Å². The third kappa shape index (κ3) is 3.46. The second kappa shape index (κ2) is 7.40. The van der Waals surface area contributed by atoms with E-state index in [-0.39, 0.29) is 5.91 Å². The van der Waals surface area contributed by atoms with Crippen molar-refractivity contribution in [3.05, 3.63) is 72.4 Å². The van der Waals surface area contributed by atoms with Crippen molar-refractivity contribution in [2.45, 2.75) is 24.3 Å². The van der Waals surface area contributed by atoms with Gasteiger partial charge in [0.1, 0.15) is 6.04 Å². The predicted octanol–water partition coefficient (Wildman–Crippen LogP) is 2.38. The van der Waals surface area contributed by atoms with Gasteiger partial charge in [-0.3, -0.25) is 14.6 Å². The van der Waals surface area contributed by atoms with Gasteiger partial charge < -0.3 is 15.7 Å². The highest BCUT2D eigenvalue weighted by molar-refractivity contribution is 6.00. The second-order valence-corrected chi connectivity index (χ2v) is 7.06. The molecular weight excluding hydrogens is 354 g/mol. The zero-order valence-electron chi connectivity index (χ0n) is 15.3. The summed E-state index contributed by atoms with van der Waals surface area (Å²) < 4.78 is 0. The van der Waals surface area contributed by atoms with E-state index < -0.39 is 24.0 Å². The Morgan fingerprint density at radius 3 is 2.57 bits per heavy atom. The molecule has 1 aliphatic rings. The predicted molar refractivity (Wildman–Crippen MR) is 107 cm³/mol. The molecule has 1 unspecified atom stereocenters. The number of amides is 2. The zero-order valence-corrected chi connectivity index (χ0v) is 15.3. The summed E-state index contributed by atoms with van der Waals surface area (Å²) in [6, 6.07) is 17.6. The summed E-state index contributed by atoms with van der Waals surface area (Å²) >= 11 is 0. The summed E-state index contributed by atoms with van der Waals surface area (Å²) in [7, 11) is 0. The van der Waals surface area contributed by atoms with Gasteiger partial charge in [-0.05, 0) is 42.7 Å². The first-order chi connectivity index (χ1) is 13.6. The normalized spacial score (nSPS) is 15.6. The van der Waals surface area contributed by atoms with Crippen LogP contribution in [0.4, 0.5) is 5.69 Å². The van der Waals surface area contributed by atoms with Gasteiger partial charge in [-0.1, -0.05) is 36.4 Å². The number of rotatable bonds is 6. The fraction of sp³-hybridized carbons (Fsp3) is 0.227. The third-order valence-corrected chi connectivity index (χ3v) is 5.19. The molecule has 6 nitrogen and oxygen atoms in total. The van der Waals surface area contributed by atoms with Crippen molar-refractivity contribution < 1.29 is 14.7 Å². The van der Waals surface area contributed by atoms with Gasteiger partial charge in [0.05, 0.1) is 17.5 Å². The molecule has 0 aliphatic heterocycles. The number of benzene rings is 2. The summed E-state index contributed by atoms with van der Waals surface area (Å²) in [4.78, 5) is 29.7. The van der Waals surface area contributed by atoms with E-state index in [0.717, 1.165) is 29.3 Å². The van der Waals surface area contributed by atoms with Crippen LogP contribution in [0.15, 0.2) is 66.9 Å². The van der Waals surface area contributed by atoms with Gasteiger partial charge in [0.2, 0.25) is 11.8 Å². The van der Waals surface area contributed by atoms with Gasteiger partial charge in [0, 0.05) is 17.3 Å². The molecule has 2 amide bonds. The van der Waals surface area contributed by atoms with E-state index in [1.807, 2.05) is 54.6 Å². The molecule has 3 N–H and O–H groups in total. The van der Waals surface area contributed by atoms with Gasteiger partial charge in [-0.25, -0.2) is 0 Å². The summed E-state index contributed by atoms with van der Waals surface area (Å²) in [6.45, 7) is -0.475. The molecule has 1 fully saturated rings. The molecule has 0 radical (unpaired) electrons. The number of pyridine rings is 1. The Kier molecular flexibility index (Phi) is 4.79. The lowest BCUT2D eigenvalue weighted by Gasteiger charge is -2.21. The Hall–Kier alpha value is -3.25. The quantitative estimate of drug-likeness (QED) is 0.617. The van der Waals surface area contributed by atoms with Crippen LogP contribution < -0.4 is 10.6 Å². The molecular formula is C22H21N3O3. The van der Waals surface area contributed by atoms with Crippen molar-refractivity contribution >= 4 is 28.4 Å². The highest BCUT2D eigenvalue weighted by Gasteiger charge is 2.51. The maximum atomic E-state index is 12.8. The number of carbonyl (C=O) groups is 2. The lowest BCUT2D eigenvalue weighted by molar-refractivity contribution is -0.129. The van der Waals surface area contributed by atoms with Crippen LogP contribution in [0.2, 0.25) is 0 Å². The van der Waals surface area contributed by atoms with Crippen molar-refractivity contribution in [1.29, 1.82) is 0 Å². The minimum absolute atomic E-state index is 0.226. The smallest absolute Gasteiger partial charge is 0.249 e. The topological polar surface area (TPSA) is 91.3 Å². The first kappa shape index (κ1) is 18.1. The molecule has 4 rings (SSSR count). The van der Waals surface area contributed by atoms with Gasteiger partial charge >= 0.3 is 0 Å². The Bertz CT molecular complexity index is 1020. The molecule has 0 spiro atoms. The highest BCUT2D eigenvalue weighted by atomic mass is 16.3. The summed E-state index contributed by atoms with van der Waals surface area (Å²) in [5.74, 6) is -0.682. The Labute approximate surface area is 162 Å². The SMILES string of the molecule is O=C(Nc1ccc2ncccc2c1)C(CO)NC(=O)C1(c2ccccc2)CC1. The molecule has 1 atom stereocenters. The third-order valence-electron chi connectivity index (χ3n) is 5.19. The lowest BCUT2D eigenvalue weighted by Crippen LogP contribution is -2.49. The Morgan fingerprint density at radius 2 is 1.86 bits per heavy atom. The van der Waals surface area contributed by atoms with Crippen LogP contribution in [0.3, 0.4) is 0 Å². The molecule has 142 valence electrons. The van der Waals surface area contributed by atoms with Crippen LogP contribution in [-0.4, -0.2) is 34.6 Å². The van der Waals surface area contributed by atoms with Crippen LogP contribution in [-0.2, 0) is 15.0 Å². The van der Waals surface area contributed by atoms with Crippen LogP contribution in [0.1, 0.15) is 18.4 Å². The van der Waals surface area contributed by atoms with E-state index in [1.54, 1.807) is 12.3 Å². The monoisotopic (exact) mass is 375 g/mol. The molecule has 28 heavy (non-hydrogen) atoms. The lowest BCUT2D eigenvalue weighted by atomic mass is 9.94. The summed E-state index contributed by atoms with van der Waals surface area (Å²) in [5.41, 5.74) is 1.75. The van der Waals surface area contributed by atoms with E-state index in [9.17, 15) is 14.7 Å². The maximum absolute atomic E-state index is 12.8. The van der Waals surface area contributed by atoms with Crippen LogP contribution in [0, 0.1) is 0 Å². The molecule has 1 heterocycles. The molecule has 1 aromatic heterocycles. The number of nitrogens with one attached hydrogen (secondary N) is 2. The number of fused-ring (bicyclic) bond motifs is 1. The Balaban J connectivity index is 1.46. The second-order valence-electron chi connectivity index (χ2n) is 7.06. The molecule has 1 aliphatic carbocycles. The standard InChI is InChI=1S/C22H21N3O3/c26-14-19(25-21(28)22(10-11-22)16-6-2-1-3-7-16)20(27)24-17-8-9-18-15(13-17)5-4-12-23-18/h1-9,12-13,19,26H,10-11,14H2,(H,24,27)(H,25,28). The number of aliphatic hydroxyl groups excluding tert-OH is 1. The number of aliphatic hydroxyl groups is 1. The van der Waals surface area contributed by atoms with Gasteiger partial charge in [-0.15, -0.1) is 0 Å². The van der Waals surface area contributed by atoms with E-state index in [0.29, 0.717) is 5.69 Å². The molecule has 0 bridgehead atoms. The molecule has 2 aromatic carbocycles. The number of aromatic nitrogens is 1. The average molecular weight is 375 g/mol. The summed E-state index contributed by atoms with van der Waals surface area (Å²) in [6.07, 6.45) is 3.18. The number of hydrogen-bond donors (Lipinski definition) is 3. The minimum atomic E-state index is -1.02. The summed E-state index contributed by atoms with van der Waals surface area (Å²) in [5, 5.41) is 16.0. The molecule has 1 saturated carbocycles. The van der Waals surface area contributed by atoms with Crippen LogP contribution in [0.25, 0.3) is 10.9 Å². The highest BCUT2D eigenvalue weighted by Crippen LogP contribution is 2.48. The van der Waals surface area contributed by atoms with Crippen molar-refractivity contribution in [3.63, 3.8) is 0 Å². The molecule has 6 heteroatoms. The van der Waals surface area contributed by atoms with Crippen LogP contribution in [0.5, 0.6) is 0 Å². The Morgan fingerprint density at radius 1 is 1.07 bits per heavy atom. The number of hydrogen-bond acceptors (Lipinski definition) is 4. The van der Waals surface area contributed by atoms with Crippen molar-refractivity contribution in [3.8, 4) is 0 Å². The fourth-order valence-corrected chi connectivity index (χ4v) is 3.40. The van der Waals surface area contributed by atoms with E-state index in [4.69, 9.17) is 0 Å². The van der Waals surface area contributed by atoms with Crippen molar-refractivity contribution in [2.24, 2.45) is 0 Å².